The molecule has 0 aliphatic carbocycles. The first-order valence-electron chi connectivity index (χ1n) is 15.2. The van der Waals surface area contributed by atoms with Crippen LogP contribution in [-0.4, -0.2) is 48.6 Å². The molecule has 2 N–H and O–H groups in total. The number of benzene rings is 2. The molecule has 236 valence electrons. The van der Waals surface area contributed by atoms with E-state index in [2.05, 4.69) is 33.0 Å². The van der Waals surface area contributed by atoms with Crippen LogP contribution in [0.5, 0.6) is 0 Å². The Kier molecular flexibility index (Phi) is 13.4. The zero-order valence-electron chi connectivity index (χ0n) is 25.9. The highest BCUT2D eigenvalue weighted by molar-refractivity contribution is 6.30. The molecule has 1 aliphatic heterocycles. The van der Waals surface area contributed by atoms with Crippen LogP contribution < -0.4 is 5.32 Å². The van der Waals surface area contributed by atoms with Crippen molar-refractivity contribution in [3.63, 3.8) is 0 Å². The molecule has 2 atom stereocenters. The number of halogens is 1. The molecular formula is C34H46ClNO7. The number of esters is 2. The van der Waals surface area contributed by atoms with Crippen molar-refractivity contribution < 1.29 is 33.6 Å². The molecule has 0 saturated heterocycles. The minimum atomic E-state index is -2.34. The van der Waals surface area contributed by atoms with Crippen LogP contribution in [0.3, 0.4) is 0 Å². The lowest BCUT2D eigenvalue weighted by Gasteiger charge is -2.24. The molecule has 3 rings (SSSR count). The molecule has 8 nitrogen and oxygen atoms in total. The fourth-order valence-corrected chi connectivity index (χ4v) is 4.85. The molecule has 0 amide bonds. The molecule has 0 aromatic heterocycles. The van der Waals surface area contributed by atoms with Gasteiger partial charge in [-0.25, -0.2) is 9.59 Å². The van der Waals surface area contributed by atoms with Gasteiger partial charge in [0.15, 0.2) is 5.76 Å². The van der Waals surface area contributed by atoms with Gasteiger partial charge in [-0.3, -0.25) is 0 Å². The molecule has 1 heterocycles. The number of aliphatic hydroxyl groups is 1. The number of carbonyl (C=O) groups is 2. The fraction of sp³-hybridized carbons (Fsp3) is 0.529. The molecular weight excluding hydrogens is 570 g/mol. The highest BCUT2D eigenvalue weighted by atomic mass is 35.5. The summed E-state index contributed by atoms with van der Waals surface area (Å²) in [5, 5.41) is 14.5. The quantitative estimate of drug-likeness (QED) is 0.117. The van der Waals surface area contributed by atoms with Crippen molar-refractivity contribution in [1.82, 2.24) is 5.32 Å². The van der Waals surface area contributed by atoms with Crippen LogP contribution in [0.25, 0.3) is 5.76 Å². The first-order valence-corrected chi connectivity index (χ1v) is 15.6. The highest BCUT2D eigenvalue weighted by Crippen LogP contribution is 2.35. The molecule has 0 fully saturated rings. The Morgan fingerprint density at radius 1 is 0.930 bits per heavy atom. The van der Waals surface area contributed by atoms with Gasteiger partial charge in [0.1, 0.15) is 6.26 Å². The summed E-state index contributed by atoms with van der Waals surface area (Å²) in [5.41, 5.74) is 2.38. The van der Waals surface area contributed by atoms with Crippen molar-refractivity contribution in [2.45, 2.75) is 84.7 Å². The lowest BCUT2D eigenvalue weighted by molar-refractivity contribution is -0.215. The average molecular weight is 616 g/mol. The van der Waals surface area contributed by atoms with E-state index in [0.717, 1.165) is 24.0 Å². The first-order chi connectivity index (χ1) is 20.5. The third kappa shape index (κ3) is 10.6. The largest absolute Gasteiger partial charge is 0.459 e. The summed E-state index contributed by atoms with van der Waals surface area (Å²) in [4.78, 5) is 26.4. The Morgan fingerprint density at radius 3 is 2.16 bits per heavy atom. The topological polar surface area (TPSA) is 103 Å². The smallest absolute Gasteiger partial charge is 0.453 e. The van der Waals surface area contributed by atoms with Crippen molar-refractivity contribution >= 4 is 29.3 Å². The summed E-state index contributed by atoms with van der Waals surface area (Å²) in [6.07, 6.45) is 4.32. The minimum Gasteiger partial charge on any atom is -0.459 e. The predicted molar refractivity (Wildman–Crippen MR) is 167 cm³/mol. The first kappa shape index (κ1) is 34.4. The van der Waals surface area contributed by atoms with Crippen LogP contribution in [0, 0.1) is 11.8 Å². The van der Waals surface area contributed by atoms with E-state index in [0.29, 0.717) is 48.2 Å². The Labute approximate surface area is 260 Å². The normalized spacial score (nSPS) is 15.4. The minimum absolute atomic E-state index is 0.0412. The second-order valence-corrected chi connectivity index (χ2v) is 12.4. The van der Waals surface area contributed by atoms with Crippen molar-refractivity contribution in [1.29, 1.82) is 0 Å². The summed E-state index contributed by atoms with van der Waals surface area (Å²) in [5.74, 6) is -3.04. The number of nitrogens with one attached hydrogen (secondary N) is 1. The van der Waals surface area contributed by atoms with E-state index in [-0.39, 0.29) is 25.0 Å². The fourth-order valence-electron chi connectivity index (χ4n) is 4.65. The maximum Gasteiger partial charge on any atom is 0.453 e. The van der Waals surface area contributed by atoms with Gasteiger partial charge >= 0.3 is 17.7 Å². The van der Waals surface area contributed by atoms with Crippen molar-refractivity contribution in [3.05, 3.63) is 76.5 Å². The Hall–Kier alpha value is -3.07. The van der Waals surface area contributed by atoms with Gasteiger partial charge in [-0.05, 0) is 80.2 Å². The van der Waals surface area contributed by atoms with Gasteiger partial charge in [0.2, 0.25) is 0 Å². The monoisotopic (exact) mass is 615 g/mol. The van der Waals surface area contributed by atoms with Gasteiger partial charge in [0, 0.05) is 23.2 Å². The SMILES string of the molecule is CC(C)CCCOC(=O)C1(C(=O)OCCCC(C)C)OC=C(c2cccc(CC(C)NCC(O)c3cccc(Cl)c3)c2)O1. The molecule has 0 bridgehead atoms. The molecule has 2 aromatic carbocycles. The highest BCUT2D eigenvalue weighted by Gasteiger charge is 2.58. The number of ether oxygens (including phenoxy) is 4. The van der Waals surface area contributed by atoms with Gasteiger partial charge in [-0.15, -0.1) is 0 Å². The molecule has 9 heteroatoms. The van der Waals surface area contributed by atoms with Gasteiger partial charge < -0.3 is 29.4 Å². The molecule has 43 heavy (non-hydrogen) atoms. The van der Waals surface area contributed by atoms with Crippen molar-refractivity contribution in [2.24, 2.45) is 11.8 Å². The van der Waals surface area contributed by atoms with Crippen molar-refractivity contribution in [3.8, 4) is 0 Å². The van der Waals surface area contributed by atoms with Gasteiger partial charge in [-0.2, -0.15) is 0 Å². The molecule has 0 radical (unpaired) electrons. The number of hydrogen-bond donors (Lipinski definition) is 2. The van der Waals surface area contributed by atoms with Crippen LogP contribution >= 0.6 is 11.6 Å². The van der Waals surface area contributed by atoms with E-state index >= 15 is 0 Å². The number of aliphatic hydroxyl groups excluding tert-OH is 1. The zero-order chi connectivity index (χ0) is 31.4. The maximum atomic E-state index is 13.2. The second kappa shape index (κ2) is 16.7. The van der Waals surface area contributed by atoms with Gasteiger partial charge in [-0.1, -0.05) is 69.6 Å². The third-order valence-corrected chi connectivity index (χ3v) is 7.32. The van der Waals surface area contributed by atoms with Gasteiger partial charge in [0.25, 0.3) is 0 Å². The predicted octanol–water partition coefficient (Wildman–Crippen LogP) is 6.59. The molecule has 0 spiro atoms. The lowest BCUT2D eigenvalue weighted by Crippen LogP contribution is -2.50. The van der Waals surface area contributed by atoms with E-state index in [9.17, 15) is 14.7 Å². The Morgan fingerprint density at radius 2 is 1.56 bits per heavy atom. The summed E-state index contributed by atoms with van der Waals surface area (Å²) in [6.45, 7) is 11.0. The maximum absolute atomic E-state index is 13.2. The van der Waals surface area contributed by atoms with E-state index in [1.54, 1.807) is 12.1 Å². The third-order valence-electron chi connectivity index (χ3n) is 7.09. The van der Waals surface area contributed by atoms with E-state index < -0.39 is 23.8 Å². The Balaban J connectivity index is 1.64. The zero-order valence-corrected chi connectivity index (χ0v) is 26.7. The van der Waals surface area contributed by atoms with Crippen LogP contribution in [-0.2, 0) is 35.0 Å². The standard InChI is InChI=1S/C34H46ClNO7/c1-23(2)10-8-16-40-32(38)34(33(39)41-17-9-11-24(3)4)42-22-31(43-34)28-14-6-12-26(19-28)18-25(5)36-21-30(37)27-13-7-15-29(35)20-27/h6-7,12-15,19-20,22-25,30,36-37H,8-11,16-18,21H2,1-5H3. The van der Waals surface area contributed by atoms with Crippen molar-refractivity contribution in [2.75, 3.05) is 19.8 Å². The average Bonchev–Trinajstić information content (AvgIpc) is 3.43. The van der Waals surface area contributed by atoms with E-state index in [1.807, 2.05) is 43.3 Å². The summed E-state index contributed by atoms with van der Waals surface area (Å²) in [6, 6.07) is 14.8. The molecule has 1 aliphatic rings. The van der Waals surface area contributed by atoms with Crippen LogP contribution in [0.2, 0.25) is 5.02 Å². The van der Waals surface area contributed by atoms with E-state index in [1.165, 1.54) is 6.26 Å². The van der Waals surface area contributed by atoms with Crippen LogP contribution in [0.1, 0.15) is 83.1 Å². The summed E-state index contributed by atoms with van der Waals surface area (Å²) in [7, 11) is 0. The van der Waals surface area contributed by atoms with Crippen LogP contribution in [0.15, 0.2) is 54.8 Å². The van der Waals surface area contributed by atoms with Gasteiger partial charge in [0.05, 0.1) is 19.3 Å². The summed E-state index contributed by atoms with van der Waals surface area (Å²) < 4.78 is 22.4. The number of carbonyl (C=O) groups excluding carboxylic acids is 2. The number of rotatable bonds is 17. The number of hydrogen-bond acceptors (Lipinski definition) is 8. The van der Waals surface area contributed by atoms with Crippen LogP contribution in [0.4, 0.5) is 0 Å². The summed E-state index contributed by atoms with van der Waals surface area (Å²) >= 11 is 6.05. The molecule has 2 aromatic rings. The molecule has 2 unspecified atom stereocenters. The molecule has 0 saturated carbocycles. The lowest BCUT2D eigenvalue weighted by atomic mass is 10.0. The van der Waals surface area contributed by atoms with E-state index in [4.69, 9.17) is 30.5 Å². The Bertz CT molecular complexity index is 1200. The second-order valence-electron chi connectivity index (χ2n) is 11.9.